The molecule has 1 aromatic carbocycles. The number of halogens is 1. The van der Waals surface area contributed by atoms with Crippen molar-refractivity contribution in [2.75, 3.05) is 6.54 Å². The lowest BCUT2D eigenvalue weighted by molar-refractivity contribution is 0.181. The fourth-order valence-corrected chi connectivity index (χ4v) is 2.68. The van der Waals surface area contributed by atoms with Crippen LogP contribution in [0.15, 0.2) is 29.6 Å². The Morgan fingerprint density at radius 3 is 2.80 bits per heavy atom. The van der Waals surface area contributed by atoms with Crippen molar-refractivity contribution in [3.05, 3.63) is 41.2 Å². The monoisotopic (exact) mass is 294 g/mol. The minimum Gasteiger partial charge on any atom is -0.393 e. The van der Waals surface area contributed by atoms with Crippen molar-refractivity contribution < 1.29 is 9.50 Å². The van der Waals surface area contributed by atoms with Gasteiger partial charge in [-0.05, 0) is 50.6 Å². The van der Waals surface area contributed by atoms with Crippen molar-refractivity contribution in [1.29, 1.82) is 0 Å². The van der Waals surface area contributed by atoms with Crippen molar-refractivity contribution in [2.24, 2.45) is 0 Å². The molecular weight excluding hydrogens is 275 g/mol. The van der Waals surface area contributed by atoms with Gasteiger partial charge in [0.25, 0.3) is 0 Å². The van der Waals surface area contributed by atoms with Crippen LogP contribution in [-0.2, 0) is 6.54 Å². The zero-order valence-electron chi connectivity index (χ0n) is 11.5. The molecule has 0 fully saturated rings. The molecule has 1 unspecified atom stereocenters. The van der Waals surface area contributed by atoms with Crippen LogP contribution >= 0.6 is 11.3 Å². The molecule has 0 saturated heterocycles. The number of hydrogen-bond donors (Lipinski definition) is 2. The van der Waals surface area contributed by atoms with E-state index in [1.54, 1.807) is 30.4 Å². The van der Waals surface area contributed by atoms with Crippen LogP contribution in [-0.4, -0.2) is 22.7 Å². The van der Waals surface area contributed by atoms with Gasteiger partial charge in [-0.15, -0.1) is 11.3 Å². The molecule has 108 valence electrons. The molecule has 0 bridgehead atoms. The molecule has 2 rings (SSSR count). The van der Waals surface area contributed by atoms with Crippen molar-refractivity contribution in [3.63, 3.8) is 0 Å². The van der Waals surface area contributed by atoms with Crippen molar-refractivity contribution >= 4 is 11.3 Å². The lowest BCUT2D eigenvalue weighted by Crippen LogP contribution is -2.16. The summed E-state index contributed by atoms with van der Waals surface area (Å²) >= 11 is 1.56. The second kappa shape index (κ2) is 7.47. The number of nitrogens with zero attached hydrogens (tertiary/aromatic N) is 1. The summed E-state index contributed by atoms with van der Waals surface area (Å²) in [4.78, 5) is 4.53. The predicted octanol–water partition coefficient (Wildman–Crippen LogP) is 3.20. The summed E-state index contributed by atoms with van der Waals surface area (Å²) in [7, 11) is 0. The maximum Gasteiger partial charge on any atom is 0.123 e. The Labute approximate surface area is 122 Å². The van der Waals surface area contributed by atoms with Crippen LogP contribution in [0.25, 0.3) is 10.6 Å². The molecule has 2 aromatic rings. The van der Waals surface area contributed by atoms with E-state index < -0.39 is 0 Å². The molecular formula is C15H19FN2OS. The Morgan fingerprint density at radius 2 is 2.10 bits per heavy atom. The summed E-state index contributed by atoms with van der Waals surface area (Å²) < 4.78 is 12.9. The quantitative estimate of drug-likeness (QED) is 0.771. The highest BCUT2D eigenvalue weighted by molar-refractivity contribution is 7.13. The summed E-state index contributed by atoms with van der Waals surface area (Å²) in [6, 6.07) is 6.39. The highest BCUT2D eigenvalue weighted by Crippen LogP contribution is 2.23. The zero-order valence-corrected chi connectivity index (χ0v) is 12.3. The highest BCUT2D eigenvalue weighted by Gasteiger charge is 2.04. The van der Waals surface area contributed by atoms with Gasteiger partial charge < -0.3 is 10.4 Å². The number of nitrogens with one attached hydrogen (secondary N) is 1. The molecule has 0 saturated carbocycles. The summed E-state index contributed by atoms with van der Waals surface area (Å²) in [5.74, 6) is -0.231. The average Bonchev–Trinajstić information content (AvgIpc) is 2.87. The van der Waals surface area contributed by atoms with E-state index in [1.165, 1.54) is 12.1 Å². The van der Waals surface area contributed by atoms with Crippen molar-refractivity contribution in [2.45, 2.75) is 32.4 Å². The Hall–Kier alpha value is -1.30. The number of aliphatic hydroxyl groups excluding tert-OH is 1. The third kappa shape index (κ3) is 4.67. The SMILES string of the molecule is CC(O)CCCNCc1csc(-c2ccc(F)cc2)n1. The first-order valence-corrected chi connectivity index (χ1v) is 7.62. The van der Waals surface area contributed by atoms with Crippen LogP contribution in [0.3, 0.4) is 0 Å². The Balaban J connectivity index is 1.82. The maximum absolute atomic E-state index is 12.9. The number of benzene rings is 1. The van der Waals surface area contributed by atoms with E-state index in [9.17, 15) is 4.39 Å². The van der Waals surface area contributed by atoms with Crippen LogP contribution in [0.5, 0.6) is 0 Å². The molecule has 0 aliphatic heterocycles. The number of aliphatic hydroxyl groups is 1. The Kier molecular flexibility index (Phi) is 5.64. The molecule has 0 spiro atoms. The van der Waals surface area contributed by atoms with Gasteiger partial charge in [0, 0.05) is 17.5 Å². The van der Waals surface area contributed by atoms with Crippen LogP contribution in [0.2, 0.25) is 0 Å². The highest BCUT2D eigenvalue weighted by atomic mass is 32.1. The molecule has 0 aliphatic rings. The lowest BCUT2D eigenvalue weighted by Gasteiger charge is -2.04. The minimum atomic E-state index is -0.235. The van der Waals surface area contributed by atoms with Crippen molar-refractivity contribution in [1.82, 2.24) is 10.3 Å². The van der Waals surface area contributed by atoms with Gasteiger partial charge in [-0.2, -0.15) is 0 Å². The van der Waals surface area contributed by atoms with Gasteiger partial charge >= 0.3 is 0 Å². The van der Waals surface area contributed by atoms with Crippen molar-refractivity contribution in [3.8, 4) is 10.6 Å². The fraction of sp³-hybridized carbons (Fsp3) is 0.400. The smallest absolute Gasteiger partial charge is 0.123 e. The summed E-state index contributed by atoms with van der Waals surface area (Å²) in [6.45, 7) is 3.39. The fourth-order valence-electron chi connectivity index (χ4n) is 1.85. The standard InChI is InChI=1S/C15H19FN2OS/c1-11(19)3-2-8-17-9-14-10-20-15(18-14)12-4-6-13(16)7-5-12/h4-7,10-11,17,19H,2-3,8-9H2,1H3. The topological polar surface area (TPSA) is 45.1 Å². The zero-order chi connectivity index (χ0) is 14.4. The van der Waals surface area contributed by atoms with Crippen LogP contribution in [0, 0.1) is 5.82 Å². The minimum absolute atomic E-state index is 0.231. The van der Waals surface area contributed by atoms with Crippen LogP contribution in [0.4, 0.5) is 4.39 Å². The first-order chi connectivity index (χ1) is 9.65. The Bertz CT molecular complexity index is 525. The normalized spacial score (nSPS) is 12.6. The number of aromatic nitrogens is 1. The average molecular weight is 294 g/mol. The molecule has 20 heavy (non-hydrogen) atoms. The second-order valence-corrected chi connectivity index (χ2v) is 5.68. The summed E-state index contributed by atoms with van der Waals surface area (Å²) in [5.41, 5.74) is 1.93. The summed E-state index contributed by atoms with van der Waals surface area (Å²) in [5, 5.41) is 15.4. The van der Waals surface area contributed by atoms with E-state index >= 15 is 0 Å². The maximum atomic E-state index is 12.9. The second-order valence-electron chi connectivity index (χ2n) is 4.82. The van der Waals surface area contributed by atoms with E-state index in [4.69, 9.17) is 5.11 Å². The van der Waals surface area contributed by atoms with Gasteiger partial charge in [0.05, 0.1) is 11.8 Å². The van der Waals surface area contributed by atoms with Gasteiger partial charge in [0.1, 0.15) is 10.8 Å². The van der Waals surface area contributed by atoms with Gasteiger partial charge in [-0.25, -0.2) is 9.37 Å². The predicted molar refractivity (Wildman–Crippen MR) is 80.1 cm³/mol. The van der Waals surface area contributed by atoms with E-state index in [2.05, 4.69) is 10.3 Å². The van der Waals surface area contributed by atoms with E-state index in [0.29, 0.717) is 0 Å². The van der Waals surface area contributed by atoms with Crippen LogP contribution < -0.4 is 5.32 Å². The third-order valence-electron chi connectivity index (χ3n) is 2.92. The number of hydrogen-bond acceptors (Lipinski definition) is 4. The van der Waals surface area contributed by atoms with Crippen LogP contribution in [0.1, 0.15) is 25.5 Å². The molecule has 3 nitrogen and oxygen atoms in total. The largest absolute Gasteiger partial charge is 0.393 e. The van der Waals surface area contributed by atoms with E-state index in [1.807, 2.05) is 5.38 Å². The lowest BCUT2D eigenvalue weighted by atomic mass is 10.2. The molecule has 0 aliphatic carbocycles. The van der Waals surface area contributed by atoms with E-state index in [-0.39, 0.29) is 11.9 Å². The van der Waals surface area contributed by atoms with Gasteiger partial charge in [0.15, 0.2) is 0 Å². The Morgan fingerprint density at radius 1 is 1.35 bits per heavy atom. The first kappa shape index (κ1) is 15.1. The number of rotatable bonds is 7. The molecule has 2 N–H and O–H groups in total. The molecule has 1 atom stereocenters. The molecule has 1 aromatic heterocycles. The summed E-state index contributed by atoms with van der Waals surface area (Å²) in [6.07, 6.45) is 1.53. The third-order valence-corrected chi connectivity index (χ3v) is 3.86. The van der Waals surface area contributed by atoms with Gasteiger partial charge in [-0.3, -0.25) is 0 Å². The number of thiazole rings is 1. The first-order valence-electron chi connectivity index (χ1n) is 6.74. The molecule has 0 radical (unpaired) electrons. The van der Waals surface area contributed by atoms with E-state index in [0.717, 1.165) is 42.2 Å². The van der Waals surface area contributed by atoms with Gasteiger partial charge in [-0.1, -0.05) is 0 Å². The molecule has 1 heterocycles. The molecule has 5 heteroatoms. The van der Waals surface area contributed by atoms with Gasteiger partial charge in [0.2, 0.25) is 0 Å². The molecule has 0 amide bonds.